The number of rotatable bonds is 6. The Hall–Kier alpha value is -2.11. The number of amides is 1. The van der Waals surface area contributed by atoms with Crippen LogP contribution < -0.4 is 5.32 Å². The van der Waals surface area contributed by atoms with Crippen molar-refractivity contribution in [1.29, 1.82) is 0 Å². The van der Waals surface area contributed by atoms with Crippen LogP contribution in [0, 0.1) is 0 Å². The third kappa shape index (κ3) is 3.46. The maximum atomic E-state index is 12.2. The second-order valence-electron chi connectivity index (χ2n) is 4.39. The third-order valence-electron chi connectivity index (χ3n) is 2.99. The molecule has 0 saturated carbocycles. The zero-order chi connectivity index (χ0) is 14.4. The number of carbonyl (C=O) groups is 1. The Morgan fingerprint density at radius 2 is 2.05 bits per heavy atom. The first kappa shape index (κ1) is 14.3. The van der Waals surface area contributed by atoms with E-state index in [-0.39, 0.29) is 12.5 Å². The zero-order valence-corrected chi connectivity index (χ0v) is 11.4. The van der Waals surface area contributed by atoms with Gasteiger partial charge in [-0.15, -0.1) is 0 Å². The van der Waals surface area contributed by atoms with Crippen LogP contribution in [-0.2, 0) is 17.9 Å². The van der Waals surface area contributed by atoms with E-state index >= 15 is 0 Å². The summed E-state index contributed by atoms with van der Waals surface area (Å²) in [5.74, 6) is -0.164. The van der Waals surface area contributed by atoms with Gasteiger partial charge >= 0.3 is 0 Å². The first-order chi connectivity index (χ1) is 9.74. The van der Waals surface area contributed by atoms with E-state index in [9.17, 15) is 4.79 Å². The highest BCUT2D eigenvalue weighted by Gasteiger charge is 2.10. The van der Waals surface area contributed by atoms with Crippen LogP contribution in [0.4, 0.5) is 5.69 Å². The number of carbonyl (C=O) groups excluding carboxylic acids is 1. The Bertz CT molecular complexity index is 561. The lowest BCUT2D eigenvalue weighted by atomic mass is 10.2. The first-order valence-electron chi connectivity index (χ1n) is 6.40. The van der Waals surface area contributed by atoms with Gasteiger partial charge < -0.3 is 19.7 Å². The summed E-state index contributed by atoms with van der Waals surface area (Å²) in [5, 5.41) is 11.8. The highest BCUT2D eigenvalue weighted by Crippen LogP contribution is 2.12. The van der Waals surface area contributed by atoms with Crippen LogP contribution in [0.3, 0.4) is 0 Å². The summed E-state index contributed by atoms with van der Waals surface area (Å²) in [6, 6.07) is 10.7. The van der Waals surface area contributed by atoms with Gasteiger partial charge in [0.1, 0.15) is 5.69 Å². The standard InChI is InChI=1S/C15H18N2O3/c1-20-10-9-17-8-2-3-14(17)15(19)16-13-6-4-12(11-18)5-7-13/h2-8,18H,9-11H2,1H3,(H,16,19). The van der Waals surface area contributed by atoms with E-state index in [0.29, 0.717) is 24.5 Å². The van der Waals surface area contributed by atoms with Gasteiger partial charge in [0, 0.05) is 25.5 Å². The second kappa shape index (κ2) is 6.88. The number of nitrogens with zero attached hydrogens (tertiary/aromatic N) is 1. The molecular weight excluding hydrogens is 256 g/mol. The molecule has 2 rings (SSSR count). The van der Waals surface area contributed by atoms with Crippen molar-refractivity contribution in [3.63, 3.8) is 0 Å². The van der Waals surface area contributed by atoms with E-state index in [2.05, 4.69) is 5.32 Å². The summed E-state index contributed by atoms with van der Waals surface area (Å²) >= 11 is 0. The number of aliphatic hydroxyl groups excluding tert-OH is 1. The normalized spacial score (nSPS) is 10.5. The van der Waals surface area contributed by atoms with E-state index in [1.165, 1.54) is 0 Å². The Morgan fingerprint density at radius 3 is 2.70 bits per heavy atom. The van der Waals surface area contributed by atoms with E-state index in [0.717, 1.165) is 5.56 Å². The monoisotopic (exact) mass is 274 g/mol. The molecule has 5 nitrogen and oxygen atoms in total. The highest BCUT2D eigenvalue weighted by molar-refractivity contribution is 6.03. The predicted molar refractivity (Wildman–Crippen MR) is 76.6 cm³/mol. The van der Waals surface area contributed by atoms with Gasteiger partial charge in [0.15, 0.2) is 0 Å². The fourth-order valence-electron chi connectivity index (χ4n) is 1.89. The number of methoxy groups -OCH3 is 1. The van der Waals surface area contributed by atoms with Crippen LogP contribution in [0.2, 0.25) is 0 Å². The number of ether oxygens (including phenoxy) is 1. The molecule has 0 aliphatic heterocycles. The quantitative estimate of drug-likeness (QED) is 0.845. The van der Waals surface area contributed by atoms with Crippen LogP contribution in [-0.4, -0.2) is 29.3 Å². The molecule has 5 heteroatoms. The molecule has 0 unspecified atom stereocenters. The smallest absolute Gasteiger partial charge is 0.272 e. The molecule has 20 heavy (non-hydrogen) atoms. The average molecular weight is 274 g/mol. The number of hydrogen-bond donors (Lipinski definition) is 2. The molecule has 1 aromatic heterocycles. The molecule has 0 saturated heterocycles. The number of anilines is 1. The van der Waals surface area contributed by atoms with Gasteiger partial charge in [0.05, 0.1) is 13.2 Å². The van der Waals surface area contributed by atoms with Gasteiger partial charge in [-0.1, -0.05) is 12.1 Å². The van der Waals surface area contributed by atoms with Crippen molar-refractivity contribution < 1.29 is 14.6 Å². The summed E-state index contributed by atoms with van der Waals surface area (Å²) in [4.78, 5) is 12.2. The van der Waals surface area contributed by atoms with Gasteiger partial charge in [-0.2, -0.15) is 0 Å². The molecule has 0 atom stereocenters. The van der Waals surface area contributed by atoms with E-state index < -0.39 is 0 Å². The molecule has 0 aliphatic carbocycles. The fourth-order valence-corrected chi connectivity index (χ4v) is 1.89. The molecule has 1 heterocycles. The minimum Gasteiger partial charge on any atom is -0.392 e. The van der Waals surface area contributed by atoms with Crippen molar-refractivity contribution in [3.05, 3.63) is 53.9 Å². The summed E-state index contributed by atoms with van der Waals surface area (Å²) in [6.45, 7) is 1.18. The van der Waals surface area contributed by atoms with E-state index in [4.69, 9.17) is 9.84 Å². The van der Waals surface area contributed by atoms with E-state index in [1.54, 1.807) is 37.4 Å². The van der Waals surface area contributed by atoms with Crippen molar-refractivity contribution in [3.8, 4) is 0 Å². The van der Waals surface area contributed by atoms with Gasteiger partial charge in [-0.3, -0.25) is 4.79 Å². The lowest BCUT2D eigenvalue weighted by Gasteiger charge is -2.09. The summed E-state index contributed by atoms with van der Waals surface area (Å²) in [6.07, 6.45) is 1.85. The molecule has 1 amide bonds. The summed E-state index contributed by atoms with van der Waals surface area (Å²) < 4.78 is 6.87. The van der Waals surface area contributed by atoms with Crippen LogP contribution in [0.25, 0.3) is 0 Å². The molecule has 2 N–H and O–H groups in total. The fraction of sp³-hybridized carbons (Fsp3) is 0.267. The van der Waals surface area contributed by atoms with Gasteiger partial charge in [-0.25, -0.2) is 0 Å². The summed E-state index contributed by atoms with van der Waals surface area (Å²) in [7, 11) is 1.63. The highest BCUT2D eigenvalue weighted by atomic mass is 16.5. The molecule has 0 bridgehead atoms. The third-order valence-corrected chi connectivity index (χ3v) is 2.99. The Morgan fingerprint density at radius 1 is 1.30 bits per heavy atom. The maximum Gasteiger partial charge on any atom is 0.272 e. The lowest BCUT2D eigenvalue weighted by molar-refractivity contribution is 0.101. The van der Waals surface area contributed by atoms with Crippen molar-refractivity contribution in [2.75, 3.05) is 19.0 Å². The molecule has 0 spiro atoms. The van der Waals surface area contributed by atoms with Crippen molar-refractivity contribution in [2.45, 2.75) is 13.2 Å². The minimum absolute atomic E-state index is 0.00586. The number of nitrogens with one attached hydrogen (secondary N) is 1. The van der Waals surface area contributed by atoms with Gasteiger partial charge in [0.25, 0.3) is 5.91 Å². The van der Waals surface area contributed by atoms with Crippen LogP contribution >= 0.6 is 0 Å². The maximum absolute atomic E-state index is 12.2. The number of hydrogen-bond acceptors (Lipinski definition) is 3. The topological polar surface area (TPSA) is 63.5 Å². The Kier molecular flexibility index (Phi) is 4.92. The first-order valence-corrected chi connectivity index (χ1v) is 6.40. The minimum atomic E-state index is -0.164. The largest absolute Gasteiger partial charge is 0.392 e. The number of aliphatic hydroxyl groups is 1. The van der Waals surface area contributed by atoms with Crippen molar-refractivity contribution >= 4 is 11.6 Å². The molecule has 2 aromatic rings. The molecule has 0 radical (unpaired) electrons. The average Bonchev–Trinajstić information content (AvgIpc) is 2.94. The number of benzene rings is 1. The SMILES string of the molecule is COCCn1cccc1C(=O)Nc1ccc(CO)cc1. The molecule has 1 aromatic carbocycles. The predicted octanol–water partition coefficient (Wildman–Crippen LogP) is 1.88. The van der Waals surface area contributed by atoms with Gasteiger partial charge in [-0.05, 0) is 29.8 Å². The summed E-state index contributed by atoms with van der Waals surface area (Å²) in [5.41, 5.74) is 2.10. The molecule has 0 aliphatic rings. The molecule has 106 valence electrons. The van der Waals surface area contributed by atoms with Gasteiger partial charge in [0.2, 0.25) is 0 Å². The Balaban J connectivity index is 2.05. The van der Waals surface area contributed by atoms with Crippen molar-refractivity contribution in [2.24, 2.45) is 0 Å². The van der Waals surface area contributed by atoms with Crippen molar-refractivity contribution in [1.82, 2.24) is 4.57 Å². The molecular formula is C15H18N2O3. The number of aromatic nitrogens is 1. The Labute approximate surface area is 117 Å². The lowest BCUT2D eigenvalue weighted by Crippen LogP contribution is -2.18. The molecule has 0 fully saturated rings. The second-order valence-corrected chi connectivity index (χ2v) is 4.39. The zero-order valence-electron chi connectivity index (χ0n) is 11.4. The van der Waals surface area contributed by atoms with E-state index in [1.807, 2.05) is 16.8 Å². The van der Waals surface area contributed by atoms with Crippen LogP contribution in [0.1, 0.15) is 16.1 Å². The van der Waals surface area contributed by atoms with Crippen LogP contribution in [0.15, 0.2) is 42.6 Å². The van der Waals surface area contributed by atoms with Crippen LogP contribution in [0.5, 0.6) is 0 Å².